The maximum atomic E-state index is 13.9. The Balaban J connectivity index is 2.04. The van der Waals surface area contributed by atoms with Crippen LogP contribution in [0.2, 0.25) is 5.02 Å². The molecule has 0 aromatic heterocycles. The molecule has 13 heteroatoms. The zero-order valence-electron chi connectivity index (χ0n) is 23.6. The first-order chi connectivity index (χ1) is 19.6. The Hall–Kier alpha value is -3.77. The minimum absolute atomic E-state index is 0.139. The molecule has 0 aliphatic carbocycles. The molecule has 1 fully saturated rings. The maximum absolute atomic E-state index is 13.9. The van der Waals surface area contributed by atoms with Gasteiger partial charge < -0.3 is 34.3 Å². The molecule has 2 N–H and O–H groups in total. The van der Waals surface area contributed by atoms with Crippen LogP contribution in [0.25, 0.3) is 0 Å². The summed E-state index contributed by atoms with van der Waals surface area (Å²) >= 11 is 12.0. The molecule has 222 valence electrons. The second-order valence-electron chi connectivity index (χ2n) is 9.31. The molecular weight excluding hydrogens is 574 g/mol. The van der Waals surface area contributed by atoms with Crippen LogP contribution in [0.1, 0.15) is 24.5 Å². The Bertz CT molecular complexity index is 1280. The number of amides is 3. The van der Waals surface area contributed by atoms with Crippen molar-refractivity contribution >= 4 is 46.7 Å². The molecule has 11 nitrogen and oxygen atoms in total. The van der Waals surface area contributed by atoms with Crippen LogP contribution in [-0.2, 0) is 22.6 Å². The van der Waals surface area contributed by atoms with Crippen LogP contribution in [0.4, 0.5) is 4.79 Å². The van der Waals surface area contributed by atoms with Gasteiger partial charge in [0, 0.05) is 23.7 Å². The number of nitrogens with zero attached hydrogens (tertiary/aromatic N) is 2. The van der Waals surface area contributed by atoms with E-state index in [1.807, 2.05) is 4.90 Å². The number of nitrogens with one attached hydrogen (secondary N) is 1. The van der Waals surface area contributed by atoms with Gasteiger partial charge in [0.1, 0.15) is 29.0 Å². The molecule has 0 radical (unpaired) electrons. The monoisotopic (exact) mass is 607 g/mol. The van der Waals surface area contributed by atoms with Gasteiger partial charge >= 0.3 is 12.0 Å². The van der Waals surface area contributed by atoms with Gasteiger partial charge in [0.2, 0.25) is 5.91 Å². The minimum atomic E-state index is -1.20. The van der Waals surface area contributed by atoms with Crippen molar-refractivity contribution in [3.8, 4) is 23.0 Å². The van der Waals surface area contributed by atoms with Crippen molar-refractivity contribution in [2.24, 2.45) is 5.92 Å². The van der Waals surface area contributed by atoms with Gasteiger partial charge in [0.15, 0.2) is 0 Å². The highest BCUT2D eigenvalue weighted by Crippen LogP contribution is 2.36. The van der Waals surface area contributed by atoms with Gasteiger partial charge in [-0.1, -0.05) is 30.7 Å². The zero-order chi connectivity index (χ0) is 30.3. The number of imide groups is 1. The number of aliphatic carboxylic acids is 1. The third-order valence-corrected chi connectivity index (χ3v) is 7.45. The molecule has 3 rings (SSSR count). The van der Waals surface area contributed by atoms with Gasteiger partial charge in [-0.3, -0.25) is 9.69 Å². The molecule has 41 heavy (non-hydrogen) atoms. The van der Waals surface area contributed by atoms with Crippen LogP contribution in [0.15, 0.2) is 30.3 Å². The average molecular weight is 608 g/mol. The van der Waals surface area contributed by atoms with Crippen molar-refractivity contribution in [3.63, 3.8) is 0 Å². The maximum Gasteiger partial charge on any atom is 0.326 e. The highest BCUT2D eigenvalue weighted by atomic mass is 35.5. The van der Waals surface area contributed by atoms with E-state index in [0.29, 0.717) is 44.1 Å². The van der Waals surface area contributed by atoms with E-state index < -0.39 is 29.9 Å². The summed E-state index contributed by atoms with van der Waals surface area (Å²) in [5, 5.41) is 12.4. The van der Waals surface area contributed by atoms with Gasteiger partial charge in [0.25, 0.3) is 0 Å². The SMILES string of the molecule is CC[C@@H](NC(=O)N1CC(=S)N(Cc2c(OC)cc(OC)cc2OC)C[C@@H](Cc2cc(Cl)ccc2OC)C1=O)C(=O)O. The first-order valence-corrected chi connectivity index (χ1v) is 13.6. The molecule has 1 heterocycles. The first-order valence-electron chi connectivity index (χ1n) is 12.8. The fraction of sp³-hybridized carbons (Fsp3) is 0.429. The van der Waals surface area contributed by atoms with Crippen molar-refractivity contribution in [2.45, 2.75) is 32.4 Å². The number of methoxy groups -OCH3 is 4. The van der Waals surface area contributed by atoms with E-state index in [-0.39, 0.29) is 32.5 Å². The zero-order valence-corrected chi connectivity index (χ0v) is 25.1. The highest BCUT2D eigenvalue weighted by molar-refractivity contribution is 7.80. The lowest BCUT2D eigenvalue weighted by Gasteiger charge is -2.27. The predicted octanol–water partition coefficient (Wildman–Crippen LogP) is 3.78. The van der Waals surface area contributed by atoms with Gasteiger partial charge in [-0.2, -0.15) is 0 Å². The molecule has 0 bridgehead atoms. The Morgan fingerprint density at radius 3 is 2.24 bits per heavy atom. The number of carboxylic acids is 1. The lowest BCUT2D eigenvalue weighted by atomic mass is 9.96. The van der Waals surface area contributed by atoms with Gasteiger partial charge in [-0.05, 0) is 36.6 Å². The van der Waals surface area contributed by atoms with E-state index in [0.717, 1.165) is 4.90 Å². The fourth-order valence-electron chi connectivity index (χ4n) is 4.62. The standard InChI is InChI=1S/C28H34ClN3O8S/c1-6-21(27(34)35)30-28(36)32-15-25(41)31(14-20-23(39-4)11-19(37-2)12-24(20)40-5)13-17(26(32)33)9-16-10-18(29)7-8-22(16)38-3/h7-8,10-12,17,21H,6,9,13-15H2,1-5H3,(H,30,36)(H,34,35)/t17-,21-/m1/s1. The van der Waals surface area contributed by atoms with Crippen LogP contribution < -0.4 is 24.3 Å². The summed E-state index contributed by atoms with van der Waals surface area (Å²) in [6, 6.07) is 6.53. The molecule has 2 atom stereocenters. The second kappa shape index (κ2) is 14.2. The van der Waals surface area contributed by atoms with E-state index in [1.54, 1.807) is 37.3 Å². The third kappa shape index (κ3) is 7.50. The smallest absolute Gasteiger partial charge is 0.326 e. The van der Waals surface area contributed by atoms with Crippen LogP contribution in [0, 0.1) is 5.92 Å². The quantitative estimate of drug-likeness (QED) is 0.364. The van der Waals surface area contributed by atoms with E-state index in [9.17, 15) is 19.5 Å². The van der Waals surface area contributed by atoms with Crippen LogP contribution in [0.3, 0.4) is 0 Å². The van der Waals surface area contributed by atoms with Crippen molar-refractivity contribution < 1.29 is 38.4 Å². The molecular formula is C28H34ClN3O8S. The second-order valence-corrected chi connectivity index (χ2v) is 10.2. The summed E-state index contributed by atoms with van der Waals surface area (Å²) in [6.45, 7) is 1.75. The summed E-state index contributed by atoms with van der Waals surface area (Å²) in [4.78, 5) is 41.8. The minimum Gasteiger partial charge on any atom is -0.496 e. The molecule has 1 aliphatic heterocycles. The fourth-order valence-corrected chi connectivity index (χ4v) is 5.08. The Kier molecular flexibility index (Phi) is 11.0. The Morgan fingerprint density at radius 1 is 1.07 bits per heavy atom. The summed E-state index contributed by atoms with van der Waals surface area (Å²) in [5.41, 5.74) is 1.34. The van der Waals surface area contributed by atoms with E-state index >= 15 is 0 Å². The molecule has 3 amide bonds. The number of hydrogen-bond acceptors (Lipinski definition) is 8. The van der Waals surface area contributed by atoms with Crippen LogP contribution >= 0.6 is 23.8 Å². The summed E-state index contributed by atoms with van der Waals surface area (Å²) in [7, 11) is 6.09. The molecule has 0 saturated carbocycles. The number of halogens is 1. The van der Waals surface area contributed by atoms with E-state index in [1.165, 1.54) is 28.4 Å². The molecule has 2 aromatic rings. The van der Waals surface area contributed by atoms with Gasteiger partial charge in [-0.15, -0.1) is 0 Å². The van der Waals surface area contributed by atoms with Crippen molar-refractivity contribution in [3.05, 3.63) is 46.5 Å². The topological polar surface area (TPSA) is 127 Å². The van der Waals surface area contributed by atoms with E-state index in [4.69, 9.17) is 42.8 Å². The number of benzene rings is 2. The number of urea groups is 1. The first kappa shape index (κ1) is 31.8. The molecule has 1 saturated heterocycles. The normalized spacial score (nSPS) is 16.1. The number of ether oxygens (including phenoxy) is 4. The van der Waals surface area contributed by atoms with Crippen molar-refractivity contribution in [1.82, 2.24) is 15.1 Å². The number of carbonyl (C=O) groups is 3. The summed E-state index contributed by atoms with van der Waals surface area (Å²) < 4.78 is 22.1. The number of carboxylic acid groups (broad SMARTS) is 1. The van der Waals surface area contributed by atoms with Gasteiger partial charge in [-0.25, -0.2) is 9.59 Å². The molecule has 1 aliphatic rings. The Morgan fingerprint density at radius 2 is 1.71 bits per heavy atom. The summed E-state index contributed by atoms with van der Waals surface area (Å²) in [6.07, 6.45) is 0.318. The number of carbonyl (C=O) groups excluding carboxylic acids is 2. The third-order valence-electron chi connectivity index (χ3n) is 6.83. The summed E-state index contributed by atoms with van der Waals surface area (Å²) in [5.74, 6) is -0.423. The number of rotatable bonds is 11. The Labute approximate surface area is 249 Å². The number of thiocarbonyl (C=S) groups is 1. The average Bonchev–Trinajstić information content (AvgIpc) is 3.07. The largest absolute Gasteiger partial charge is 0.496 e. The van der Waals surface area contributed by atoms with Crippen LogP contribution in [0.5, 0.6) is 23.0 Å². The van der Waals surface area contributed by atoms with E-state index in [2.05, 4.69) is 5.32 Å². The lowest BCUT2D eigenvalue weighted by molar-refractivity contribution is -0.139. The highest BCUT2D eigenvalue weighted by Gasteiger charge is 2.38. The lowest BCUT2D eigenvalue weighted by Crippen LogP contribution is -2.52. The van der Waals surface area contributed by atoms with Crippen LogP contribution in [-0.4, -0.2) is 85.4 Å². The number of hydrogen-bond donors (Lipinski definition) is 2. The van der Waals surface area contributed by atoms with Gasteiger partial charge in [0.05, 0.1) is 58.0 Å². The van der Waals surface area contributed by atoms with Crippen molar-refractivity contribution in [1.29, 1.82) is 0 Å². The predicted molar refractivity (Wildman–Crippen MR) is 156 cm³/mol. The van der Waals surface area contributed by atoms with Crippen molar-refractivity contribution in [2.75, 3.05) is 41.5 Å². The molecule has 0 spiro atoms. The molecule has 0 unspecified atom stereocenters. The molecule has 2 aromatic carbocycles.